The Balaban J connectivity index is 0.000000157. The van der Waals surface area contributed by atoms with Gasteiger partial charge in [0.1, 0.15) is 17.5 Å². The lowest BCUT2D eigenvalue weighted by molar-refractivity contribution is -0.137. The number of benzene rings is 4. The van der Waals surface area contributed by atoms with E-state index in [1.807, 2.05) is 9.13 Å². The molecule has 0 saturated carbocycles. The van der Waals surface area contributed by atoms with E-state index >= 15 is 0 Å². The molecule has 0 fully saturated rings. The molecule has 0 aliphatic carbocycles. The zero-order valence-corrected chi connectivity index (χ0v) is 26.9. The van der Waals surface area contributed by atoms with Crippen LogP contribution in [0.15, 0.2) is 84.9 Å². The molecule has 0 spiro atoms. The van der Waals surface area contributed by atoms with Gasteiger partial charge in [-0.3, -0.25) is 9.13 Å². The summed E-state index contributed by atoms with van der Waals surface area (Å²) in [6.07, 6.45) is -2.74. The van der Waals surface area contributed by atoms with Crippen molar-refractivity contribution < 1.29 is 26.3 Å². The van der Waals surface area contributed by atoms with Crippen molar-refractivity contribution in [2.24, 2.45) is 0 Å². The van der Waals surface area contributed by atoms with Crippen molar-refractivity contribution in [1.29, 1.82) is 0 Å². The highest BCUT2D eigenvalue weighted by atomic mass is 19.4. The Morgan fingerprint density at radius 1 is 0.660 bits per heavy atom. The van der Waals surface area contributed by atoms with Gasteiger partial charge >= 0.3 is 6.18 Å². The molecule has 4 nitrogen and oxygen atoms in total. The lowest BCUT2D eigenvalue weighted by Crippen LogP contribution is -2.27. The maximum absolute atomic E-state index is 13.7. The Bertz CT molecular complexity index is 2360. The average molecular weight is 681 g/mol. The van der Waals surface area contributed by atoms with Crippen molar-refractivity contribution in [3.8, 4) is 23.9 Å². The molecule has 50 heavy (non-hydrogen) atoms. The Kier molecular flexibility index (Phi) is 8.92. The molecule has 0 unspecified atom stereocenters. The Hall–Kier alpha value is -5.42. The number of nitrogens with zero attached hydrogens (tertiary/aromatic N) is 3. The molecule has 0 amide bonds. The molecule has 6 aromatic rings. The predicted octanol–water partition coefficient (Wildman–Crippen LogP) is 8.07. The third-order valence-corrected chi connectivity index (χ3v) is 8.95. The van der Waals surface area contributed by atoms with Crippen molar-refractivity contribution in [3.05, 3.63) is 142 Å². The summed E-state index contributed by atoms with van der Waals surface area (Å²) in [6, 6.07) is 26.5. The molecule has 0 saturated heterocycles. The zero-order valence-electron chi connectivity index (χ0n) is 26.9. The first-order valence-corrected chi connectivity index (χ1v) is 16.0. The molecule has 2 aliphatic heterocycles. The van der Waals surface area contributed by atoms with Gasteiger partial charge in [0.05, 0.1) is 16.6 Å². The number of alkyl halides is 3. The quantitative estimate of drug-likeness (QED) is 0.130. The fourth-order valence-corrected chi connectivity index (χ4v) is 6.53. The minimum Gasteiger partial charge on any atom is -0.312 e. The van der Waals surface area contributed by atoms with Crippen LogP contribution in [0.1, 0.15) is 39.2 Å². The number of hydrogen-bond donors (Lipinski definition) is 1. The van der Waals surface area contributed by atoms with Gasteiger partial charge in [0.15, 0.2) is 0 Å². The summed E-state index contributed by atoms with van der Waals surface area (Å²) in [5, 5.41) is 4.99. The summed E-state index contributed by atoms with van der Waals surface area (Å²) in [4.78, 5) is 2.22. The van der Waals surface area contributed by atoms with E-state index in [9.17, 15) is 26.3 Å². The highest BCUT2D eigenvalue weighted by Crippen LogP contribution is 2.32. The largest absolute Gasteiger partial charge is 0.416 e. The van der Waals surface area contributed by atoms with Crippen LogP contribution in [0.3, 0.4) is 0 Å². The number of fused-ring (bicyclic) bond motifs is 6. The molecular formula is C40H30F6N4. The summed E-state index contributed by atoms with van der Waals surface area (Å²) >= 11 is 0. The standard InChI is InChI=1S/C20H14F4N2.C20H16F2N2/c21-15-5-6-18-16(11-15)17-12-25-9-7-19(17)26(18)10-8-13-1-3-14(4-2-13)20(22,23)24;1-23-9-8-20-18(13-23)17-12-16(22)5-6-19(17)24(20)10-7-14-3-2-4-15(21)11-14/h1-6,11,25H,7,9,12H2;2-6,11-12H,8-9,13H2,1H3. The van der Waals surface area contributed by atoms with Gasteiger partial charge in [0.25, 0.3) is 0 Å². The van der Waals surface area contributed by atoms with Crippen LogP contribution in [0.2, 0.25) is 0 Å². The molecule has 4 aromatic carbocycles. The molecule has 0 atom stereocenters. The molecule has 0 bridgehead atoms. The van der Waals surface area contributed by atoms with Crippen LogP contribution in [-0.4, -0.2) is 34.2 Å². The molecular weight excluding hydrogens is 650 g/mol. The van der Waals surface area contributed by atoms with Crippen LogP contribution in [0.4, 0.5) is 26.3 Å². The predicted molar refractivity (Wildman–Crippen MR) is 182 cm³/mol. The number of nitrogens with one attached hydrogen (secondary N) is 1. The van der Waals surface area contributed by atoms with Gasteiger partial charge in [-0.2, -0.15) is 13.2 Å². The SMILES string of the molecule is CN1CCc2c(c3cc(F)ccc3n2C#Cc2cccc(F)c2)C1.Fc1ccc2c(c1)c1c(n2C#Cc2ccc(C(F)(F)F)cc2)CCNC1. The van der Waals surface area contributed by atoms with Gasteiger partial charge in [-0.05, 0) is 109 Å². The van der Waals surface area contributed by atoms with E-state index in [1.54, 1.807) is 30.3 Å². The summed E-state index contributed by atoms with van der Waals surface area (Å²) in [5.74, 6) is 5.09. The minimum absolute atomic E-state index is 0.242. The third-order valence-electron chi connectivity index (χ3n) is 8.95. The second kappa shape index (κ2) is 13.5. The lowest BCUT2D eigenvalue weighted by Gasteiger charge is -2.23. The first-order chi connectivity index (χ1) is 24.0. The van der Waals surface area contributed by atoms with Gasteiger partial charge in [-0.25, -0.2) is 13.2 Å². The summed E-state index contributed by atoms with van der Waals surface area (Å²) < 4.78 is 82.4. The molecule has 10 heteroatoms. The van der Waals surface area contributed by atoms with Gasteiger partial charge in [-0.15, -0.1) is 0 Å². The van der Waals surface area contributed by atoms with E-state index < -0.39 is 11.7 Å². The van der Waals surface area contributed by atoms with Crippen LogP contribution in [0.5, 0.6) is 0 Å². The van der Waals surface area contributed by atoms with Crippen LogP contribution in [0.25, 0.3) is 21.8 Å². The van der Waals surface area contributed by atoms with Crippen molar-refractivity contribution in [1.82, 2.24) is 19.4 Å². The van der Waals surface area contributed by atoms with Crippen molar-refractivity contribution >= 4 is 21.8 Å². The van der Waals surface area contributed by atoms with Gasteiger partial charge < -0.3 is 10.2 Å². The van der Waals surface area contributed by atoms with E-state index in [2.05, 4.69) is 41.2 Å². The Morgan fingerprint density at radius 3 is 1.90 bits per heavy atom. The van der Waals surface area contributed by atoms with Crippen LogP contribution in [-0.2, 0) is 32.1 Å². The van der Waals surface area contributed by atoms with E-state index in [1.165, 1.54) is 42.5 Å². The molecule has 4 heterocycles. The first kappa shape index (κ1) is 33.1. The number of halogens is 6. The van der Waals surface area contributed by atoms with Crippen LogP contribution >= 0.6 is 0 Å². The van der Waals surface area contributed by atoms with Crippen LogP contribution < -0.4 is 5.32 Å². The lowest BCUT2D eigenvalue weighted by atomic mass is 10.1. The van der Waals surface area contributed by atoms with Crippen molar-refractivity contribution in [2.75, 3.05) is 20.1 Å². The minimum atomic E-state index is -4.36. The van der Waals surface area contributed by atoms with Crippen LogP contribution in [0, 0.1) is 41.4 Å². The fraction of sp³-hybridized carbons (Fsp3) is 0.200. The topological polar surface area (TPSA) is 25.1 Å². The first-order valence-electron chi connectivity index (χ1n) is 16.0. The summed E-state index contributed by atoms with van der Waals surface area (Å²) in [5.41, 5.74) is 6.42. The average Bonchev–Trinajstić information content (AvgIpc) is 3.57. The molecule has 1 N–H and O–H groups in total. The normalized spacial score (nSPS) is 14.1. The molecule has 0 radical (unpaired) electrons. The smallest absolute Gasteiger partial charge is 0.312 e. The maximum atomic E-state index is 13.7. The number of likely N-dealkylation sites (N-methyl/N-ethyl adjacent to an activating group) is 1. The monoisotopic (exact) mass is 680 g/mol. The maximum Gasteiger partial charge on any atom is 0.416 e. The molecule has 2 aromatic heterocycles. The van der Waals surface area contributed by atoms with Gasteiger partial charge in [-0.1, -0.05) is 6.07 Å². The number of aromatic nitrogens is 2. The van der Waals surface area contributed by atoms with Crippen molar-refractivity contribution in [3.63, 3.8) is 0 Å². The van der Waals surface area contributed by atoms with E-state index in [4.69, 9.17) is 0 Å². The van der Waals surface area contributed by atoms with E-state index in [0.717, 1.165) is 88.9 Å². The summed E-state index contributed by atoms with van der Waals surface area (Å²) in [6.45, 7) is 3.16. The Morgan fingerprint density at radius 2 is 1.26 bits per heavy atom. The second-order valence-corrected chi connectivity index (χ2v) is 12.3. The fourth-order valence-electron chi connectivity index (χ4n) is 6.53. The highest BCUT2D eigenvalue weighted by Gasteiger charge is 2.30. The second-order valence-electron chi connectivity index (χ2n) is 12.3. The van der Waals surface area contributed by atoms with E-state index in [-0.39, 0.29) is 17.5 Å². The van der Waals surface area contributed by atoms with Gasteiger partial charge in [0, 0.05) is 84.4 Å². The highest BCUT2D eigenvalue weighted by molar-refractivity contribution is 5.88. The van der Waals surface area contributed by atoms with Crippen molar-refractivity contribution in [2.45, 2.75) is 32.1 Å². The Labute approximate surface area is 284 Å². The van der Waals surface area contributed by atoms with Gasteiger partial charge in [0.2, 0.25) is 0 Å². The summed E-state index contributed by atoms with van der Waals surface area (Å²) in [7, 11) is 2.06. The number of rotatable bonds is 0. The third kappa shape index (κ3) is 6.73. The molecule has 2 aliphatic rings. The van der Waals surface area contributed by atoms with E-state index in [0.29, 0.717) is 17.7 Å². The zero-order chi connectivity index (χ0) is 35.0. The molecule has 252 valence electrons. The molecule has 8 rings (SSSR count). The number of hydrogen-bond acceptors (Lipinski definition) is 2.